The molecule has 4 aliphatic rings. The highest BCUT2D eigenvalue weighted by molar-refractivity contribution is 6.02. The maximum atomic E-state index is 10.5. The van der Waals surface area contributed by atoms with Crippen molar-refractivity contribution >= 4 is 17.1 Å². The van der Waals surface area contributed by atoms with E-state index in [1.165, 1.54) is 19.9 Å². The zero-order valence-electron chi connectivity index (χ0n) is 65.7. The Morgan fingerprint density at radius 3 is 2.03 bits per heavy atom. The van der Waals surface area contributed by atoms with Crippen molar-refractivity contribution in [3.63, 3.8) is 0 Å². The van der Waals surface area contributed by atoms with Crippen LogP contribution in [0.15, 0.2) is 152 Å². The van der Waals surface area contributed by atoms with Crippen molar-refractivity contribution in [3.05, 3.63) is 196 Å². The molecular weight excluding hydrogens is 863 g/mol. The van der Waals surface area contributed by atoms with Gasteiger partial charge >= 0.3 is 5.85 Å². The summed E-state index contributed by atoms with van der Waals surface area (Å²) < 4.78 is 240. The third-order valence-electron chi connectivity index (χ3n) is 14.4. The lowest BCUT2D eigenvalue weighted by Gasteiger charge is -2.49. The number of nitrogens with zero attached hydrogens (tertiary/aromatic N) is 3. The first kappa shape index (κ1) is 25.5. The second-order valence-corrected chi connectivity index (χ2v) is 21.8. The average molecular weight is 956 g/mol. The van der Waals surface area contributed by atoms with E-state index in [4.69, 9.17) is 15.7 Å². The fraction of sp³-hybridized carbons (Fsp3) is 0.299. The molecule has 1 aromatic heterocycles. The average Bonchev–Trinajstić information content (AvgIpc) is 1.46. The summed E-state index contributed by atoms with van der Waals surface area (Å²) in [4.78, 5) is 3.21. The number of benzene rings is 7. The van der Waals surface area contributed by atoms with E-state index in [2.05, 4.69) is 0 Å². The lowest BCUT2D eigenvalue weighted by molar-refractivity contribution is -0.774. The number of rotatable bonds is 4. The molecule has 0 bridgehead atoms. The summed E-state index contributed by atoms with van der Waals surface area (Å²) in [6, 6.07) is 25.6. The third-order valence-corrected chi connectivity index (χ3v) is 14.4. The van der Waals surface area contributed by atoms with Gasteiger partial charge in [0, 0.05) is 64.7 Å². The summed E-state index contributed by atoms with van der Waals surface area (Å²) >= 11 is 0. The Labute approximate surface area is 457 Å². The van der Waals surface area contributed by atoms with Gasteiger partial charge in [0.2, 0.25) is 5.69 Å². The molecule has 0 saturated carbocycles. The van der Waals surface area contributed by atoms with Crippen LogP contribution in [-0.4, -0.2) is 0 Å². The number of hydrogen-bond donors (Lipinski definition) is 0. The topological polar surface area (TPSA) is 19.6 Å². The van der Waals surface area contributed by atoms with Gasteiger partial charge in [-0.25, -0.2) is 4.90 Å². The van der Waals surface area contributed by atoms with Crippen molar-refractivity contribution in [3.8, 4) is 61.5 Å². The van der Waals surface area contributed by atoms with Crippen molar-refractivity contribution in [2.24, 2.45) is 0 Å². The normalized spacial score (nSPS) is 23.6. The zero-order chi connectivity index (χ0) is 71.0. The van der Waals surface area contributed by atoms with Gasteiger partial charge in [-0.1, -0.05) is 185 Å². The molecule has 0 amide bonds. The molecule has 8 aromatic rings. The Balaban J connectivity index is 1.32. The van der Waals surface area contributed by atoms with Crippen LogP contribution in [0, 0.1) is 13.7 Å². The van der Waals surface area contributed by atoms with Gasteiger partial charge in [0.25, 0.3) is 0 Å². The van der Waals surface area contributed by atoms with E-state index in [1.54, 1.807) is 52.3 Å². The van der Waals surface area contributed by atoms with Gasteiger partial charge in [-0.05, 0) is 127 Å². The monoisotopic (exact) mass is 956 g/mol. The first-order valence-corrected chi connectivity index (χ1v) is 23.7. The second kappa shape index (κ2) is 15.1. The van der Waals surface area contributed by atoms with Crippen LogP contribution < -0.4 is 19.1 Å². The Morgan fingerprint density at radius 1 is 0.577 bits per heavy atom. The van der Waals surface area contributed by atoms with Gasteiger partial charge < -0.3 is 9.64 Å². The van der Waals surface area contributed by atoms with Gasteiger partial charge in [0.05, 0.1) is 25.2 Å². The Hall–Kier alpha value is -6.91. The zero-order valence-corrected chi connectivity index (χ0v) is 40.7. The number of ether oxygens (including phenoxy) is 1. The summed E-state index contributed by atoms with van der Waals surface area (Å²) in [6.07, 6.45) is -2.62. The lowest BCUT2D eigenvalue weighted by atomic mass is 9.77. The van der Waals surface area contributed by atoms with Gasteiger partial charge in [-0.15, -0.1) is 4.57 Å². The molecule has 0 saturated heterocycles. The van der Waals surface area contributed by atoms with Gasteiger partial charge in [0.15, 0.2) is 6.17 Å². The van der Waals surface area contributed by atoms with E-state index in [9.17, 15) is 23.3 Å². The second-order valence-electron chi connectivity index (χ2n) is 21.8. The van der Waals surface area contributed by atoms with Crippen molar-refractivity contribution in [1.82, 2.24) is 0 Å². The number of hydrogen-bond acceptors (Lipinski definition) is 3. The molecule has 0 radical (unpaired) electrons. The van der Waals surface area contributed by atoms with Crippen molar-refractivity contribution in [2.45, 2.75) is 130 Å². The minimum absolute atomic E-state index is 0.0321. The number of pyridine rings is 1. The predicted octanol–water partition coefficient (Wildman–Crippen LogP) is 17.2. The number of aromatic nitrogens is 1. The first-order valence-electron chi connectivity index (χ1n) is 36.2. The van der Waals surface area contributed by atoms with E-state index < -0.39 is 145 Å². The Bertz CT molecular complexity index is 4570. The van der Waals surface area contributed by atoms with Crippen molar-refractivity contribution < 1.29 is 43.6 Å². The smallest absolute Gasteiger partial charge is 0.410 e. The minimum atomic E-state index is -4.06. The lowest BCUT2D eigenvalue weighted by Crippen LogP contribution is -2.71. The highest BCUT2D eigenvalue weighted by Gasteiger charge is 2.70. The fourth-order valence-corrected chi connectivity index (χ4v) is 11.1. The summed E-state index contributed by atoms with van der Waals surface area (Å²) in [5.41, 5.74) is -6.31. The quantitative estimate of drug-likeness (QED) is 0.164. The molecule has 4 aliphatic heterocycles. The van der Waals surface area contributed by atoms with Crippen LogP contribution in [0.3, 0.4) is 0 Å². The Kier molecular flexibility index (Phi) is 5.40. The van der Waals surface area contributed by atoms with Gasteiger partial charge in [-0.2, -0.15) is 0 Å². The summed E-state index contributed by atoms with van der Waals surface area (Å²) in [6.45, 7) is -6.99. The molecule has 2 atom stereocenters. The summed E-state index contributed by atoms with van der Waals surface area (Å²) in [7, 11) is 0. The molecule has 0 aliphatic carbocycles. The largest absolute Gasteiger partial charge is 0.432 e. The first-order chi connectivity index (χ1) is 43.9. The Morgan fingerprint density at radius 2 is 1.31 bits per heavy atom. The molecule has 356 valence electrons. The van der Waals surface area contributed by atoms with E-state index in [1.807, 2.05) is 96.1 Å². The van der Waals surface area contributed by atoms with Crippen molar-refractivity contribution in [2.75, 3.05) is 9.80 Å². The molecular formula is C67H68N3O+. The van der Waals surface area contributed by atoms with Crippen LogP contribution in [0.2, 0.25) is 0 Å². The molecule has 1 spiro atoms. The molecule has 2 unspecified atom stereocenters. The maximum Gasteiger partial charge on any atom is 0.432 e. The molecule has 12 rings (SSSR count). The predicted molar refractivity (Wildman–Crippen MR) is 296 cm³/mol. The van der Waals surface area contributed by atoms with E-state index in [0.29, 0.717) is 27.8 Å². The standard InChI is InChI=1S/C67H68N3O/c1-40-26-28-42(29-27-40)44-32-33-68-57(35-44)51-37-46(63(3,4)5)36-50-49-23-19-25-56-60(49)70-62(52-38-47(64(6,7)8)39-54(66(12,13)14)61(52)71-67(68,70)59(50)51)69(56)55-31-30-45(34-41(55)2)58-48(43-20-16-15-17-21-43)22-18-24-53(58)65(9,10)11/h15-39,62H,1-14H3/q+1/i1D3,2D3,6D3,12D3,13D3,14D3,26D,27D,28D,29D,32D,33D,35D. The SMILES string of the molecule is [2H]c1c([2H])c(C([2H])([2H])[2H])c([2H])c([2H])c1-c1c([2H])c([2H])[n+]2c(c1[2H])-c1cc(C(C)(C)C)cc3c1C21Oc2c(cc(C(C)(C)C([2H])([2H])[2H])cc2C(C([2H])([2H])[2H])(C([2H])([2H])[2H])C([2H])([2H])[2H])C2N(c4ccc(-c5c(-c6ccccc6)cccc5C(C)(C)C)cc4C([2H])([2H])[2H])c4cccc-3c4N21. The highest BCUT2D eigenvalue weighted by Crippen LogP contribution is 2.68. The summed E-state index contributed by atoms with van der Waals surface area (Å²) in [5, 5.41) is 0. The van der Waals surface area contributed by atoms with E-state index in [-0.39, 0.29) is 50.6 Å². The van der Waals surface area contributed by atoms with Crippen LogP contribution in [-0.2, 0) is 27.5 Å². The number of anilines is 3. The number of fused-ring (bicyclic) bond motifs is 5. The highest BCUT2D eigenvalue weighted by atomic mass is 16.5. The fourth-order valence-electron chi connectivity index (χ4n) is 11.1. The van der Waals surface area contributed by atoms with Crippen LogP contribution >= 0.6 is 0 Å². The van der Waals surface area contributed by atoms with Crippen LogP contribution in [0.5, 0.6) is 5.75 Å². The molecule has 5 heterocycles. The summed E-state index contributed by atoms with van der Waals surface area (Å²) in [5.74, 6) is -3.44. The van der Waals surface area contributed by atoms with Crippen molar-refractivity contribution in [1.29, 1.82) is 0 Å². The molecule has 4 nitrogen and oxygen atoms in total. The molecule has 71 heavy (non-hydrogen) atoms. The molecule has 0 N–H and O–H groups in total. The van der Waals surface area contributed by atoms with E-state index >= 15 is 0 Å². The molecule has 7 aromatic carbocycles. The van der Waals surface area contributed by atoms with Crippen LogP contribution in [0.25, 0.3) is 55.8 Å². The van der Waals surface area contributed by atoms with Crippen LogP contribution in [0.4, 0.5) is 17.1 Å². The third kappa shape index (κ3) is 6.66. The number of para-hydroxylation sites is 1. The molecule has 4 heteroatoms. The van der Waals surface area contributed by atoms with Crippen LogP contribution in [0.1, 0.15) is 168 Å². The van der Waals surface area contributed by atoms with E-state index in [0.717, 1.165) is 27.3 Å². The molecule has 0 fully saturated rings. The minimum Gasteiger partial charge on any atom is -0.410 e. The van der Waals surface area contributed by atoms with Gasteiger partial charge in [-0.3, -0.25) is 0 Å². The van der Waals surface area contributed by atoms with Gasteiger partial charge in [0.1, 0.15) is 18.8 Å². The maximum absolute atomic E-state index is 10.5. The number of aryl methyl sites for hydroxylation is 1.